The summed E-state index contributed by atoms with van der Waals surface area (Å²) in [7, 11) is -3.84. The van der Waals surface area contributed by atoms with Gasteiger partial charge in [0.25, 0.3) is 0 Å². The first-order valence-electron chi connectivity index (χ1n) is 4.84. The number of nitrogens with two attached hydrogens (primary N) is 2. The van der Waals surface area contributed by atoms with E-state index in [2.05, 4.69) is 9.71 Å². The molecule has 1 atom stereocenters. The van der Waals surface area contributed by atoms with Crippen molar-refractivity contribution in [1.82, 2.24) is 9.71 Å². The molecule has 0 spiro atoms. The minimum atomic E-state index is -3.84. The highest BCUT2D eigenvalue weighted by Crippen LogP contribution is 2.12. The smallest absolute Gasteiger partial charge is 0.243 e. The third-order valence-electron chi connectivity index (χ3n) is 2.09. The number of hydrogen-bond donors (Lipinski definition) is 3. The van der Waals surface area contributed by atoms with Crippen molar-refractivity contribution in [3.8, 4) is 0 Å². The van der Waals surface area contributed by atoms with Gasteiger partial charge in [0, 0.05) is 12.7 Å². The Hall–Kier alpha value is -1.51. The number of hydrogen-bond acceptors (Lipinski definition) is 5. The van der Waals surface area contributed by atoms with E-state index in [1.54, 1.807) is 0 Å². The lowest BCUT2D eigenvalue weighted by Crippen LogP contribution is -2.42. The van der Waals surface area contributed by atoms with E-state index in [0.29, 0.717) is 0 Å². The van der Waals surface area contributed by atoms with Crippen LogP contribution in [0.5, 0.6) is 0 Å². The number of rotatable bonds is 5. The zero-order valence-corrected chi connectivity index (χ0v) is 10.1. The van der Waals surface area contributed by atoms with Crippen molar-refractivity contribution in [3.63, 3.8) is 0 Å². The van der Waals surface area contributed by atoms with Gasteiger partial charge < -0.3 is 11.5 Å². The first kappa shape index (κ1) is 13.6. The minimum Gasteiger partial charge on any atom is -0.368 e. The summed E-state index contributed by atoms with van der Waals surface area (Å²) in [6, 6.07) is 1.85. The van der Waals surface area contributed by atoms with E-state index in [1.807, 2.05) is 0 Å². The Morgan fingerprint density at radius 1 is 1.59 bits per heavy atom. The predicted octanol–water partition coefficient (Wildman–Crippen LogP) is -1.31. The lowest BCUT2D eigenvalue weighted by atomic mass is 10.3. The molecule has 0 saturated carbocycles. The van der Waals surface area contributed by atoms with Crippen LogP contribution in [0.15, 0.2) is 23.2 Å². The molecule has 5 N–H and O–H groups in total. The fourth-order valence-electron chi connectivity index (χ4n) is 1.18. The van der Waals surface area contributed by atoms with Crippen LogP contribution in [-0.4, -0.2) is 25.4 Å². The molecule has 1 amide bonds. The van der Waals surface area contributed by atoms with Gasteiger partial charge in [0.1, 0.15) is 4.90 Å². The van der Waals surface area contributed by atoms with E-state index >= 15 is 0 Å². The van der Waals surface area contributed by atoms with Gasteiger partial charge in [-0.25, -0.2) is 8.42 Å². The normalized spacial score (nSPS) is 13.3. The van der Waals surface area contributed by atoms with Gasteiger partial charge in [0.05, 0.1) is 11.7 Å². The second-order valence-corrected chi connectivity index (χ2v) is 5.08. The zero-order valence-electron chi connectivity index (χ0n) is 9.25. The van der Waals surface area contributed by atoms with Crippen LogP contribution in [0.4, 0.5) is 0 Å². The van der Waals surface area contributed by atoms with Crippen LogP contribution in [0.2, 0.25) is 0 Å². The maximum absolute atomic E-state index is 11.9. The number of amides is 1. The predicted molar refractivity (Wildman–Crippen MR) is 61.1 cm³/mol. The quantitative estimate of drug-likeness (QED) is 0.604. The summed E-state index contributed by atoms with van der Waals surface area (Å²) in [6.07, 6.45) is 1.44. The van der Waals surface area contributed by atoms with E-state index in [0.717, 1.165) is 0 Å². The molecule has 1 rings (SSSR count). The Balaban J connectivity index is 3.09. The second-order valence-electron chi connectivity index (χ2n) is 3.40. The highest BCUT2D eigenvalue weighted by molar-refractivity contribution is 7.89. The summed E-state index contributed by atoms with van der Waals surface area (Å²) in [4.78, 5) is 14.6. The minimum absolute atomic E-state index is 0.0119. The molecule has 0 aliphatic carbocycles. The molecule has 0 fully saturated rings. The molecule has 94 valence electrons. The van der Waals surface area contributed by atoms with Gasteiger partial charge in [0.2, 0.25) is 15.9 Å². The van der Waals surface area contributed by atoms with Gasteiger partial charge in [-0.2, -0.15) is 4.72 Å². The van der Waals surface area contributed by atoms with Gasteiger partial charge in [0.15, 0.2) is 0 Å². The van der Waals surface area contributed by atoms with Crippen molar-refractivity contribution in [2.75, 3.05) is 0 Å². The molecule has 1 unspecified atom stereocenters. The summed E-state index contributed by atoms with van der Waals surface area (Å²) in [5.41, 5.74) is 10.6. The van der Waals surface area contributed by atoms with Crippen molar-refractivity contribution in [2.24, 2.45) is 11.5 Å². The Bertz CT molecular complexity index is 515. The molecule has 0 saturated heterocycles. The second kappa shape index (κ2) is 5.21. The van der Waals surface area contributed by atoms with Crippen LogP contribution in [0.25, 0.3) is 0 Å². The first-order valence-corrected chi connectivity index (χ1v) is 6.32. The molecule has 0 radical (unpaired) electrons. The molecule has 7 nitrogen and oxygen atoms in total. The number of carbonyl (C=O) groups excluding carboxylic acids is 1. The largest absolute Gasteiger partial charge is 0.368 e. The summed E-state index contributed by atoms with van der Waals surface area (Å²) >= 11 is 0. The fourth-order valence-corrected chi connectivity index (χ4v) is 2.59. The Morgan fingerprint density at radius 2 is 2.24 bits per heavy atom. The Labute approximate surface area is 99.3 Å². The molecular weight excluding hydrogens is 244 g/mol. The van der Waals surface area contributed by atoms with Crippen molar-refractivity contribution in [3.05, 3.63) is 24.0 Å². The topological polar surface area (TPSA) is 128 Å². The molecule has 8 heteroatoms. The number of sulfonamides is 1. The molecule has 1 heterocycles. The van der Waals surface area contributed by atoms with Crippen LogP contribution in [-0.2, 0) is 21.4 Å². The lowest BCUT2D eigenvalue weighted by molar-refractivity contribution is -0.119. The van der Waals surface area contributed by atoms with Crippen molar-refractivity contribution < 1.29 is 13.2 Å². The third kappa shape index (κ3) is 3.22. The van der Waals surface area contributed by atoms with E-state index in [1.165, 1.54) is 25.3 Å². The molecule has 1 aromatic heterocycles. The van der Waals surface area contributed by atoms with Gasteiger partial charge in [-0.1, -0.05) is 0 Å². The molecule has 0 aliphatic heterocycles. The first-order chi connectivity index (χ1) is 7.88. The Morgan fingerprint density at radius 3 is 2.76 bits per heavy atom. The number of carbonyl (C=O) groups is 1. The lowest BCUT2D eigenvalue weighted by Gasteiger charge is -2.12. The molecule has 0 aromatic carbocycles. The van der Waals surface area contributed by atoms with E-state index < -0.39 is 22.0 Å². The summed E-state index contributed by atoms with van der Waals surface area (Å²) in [6.45, 7) is 1.35. The summed E-state index contributed by atoms with van der Waals surface area (Å²) in [5.74, 6) is -0.758. The molecule has 0 bridgehead atoms. The van der Waals surface area contributed by atoms with Crippen LogP contribution < -0.4 is 16.2 Å². The maximum Gasteiger partial charge on any atom is 0.243 e. The number of nitrogens with zero attached hydrogens (tertiary/aromatic N) is 1. The zero-order chi connectivity index (χ0) is 13.1. The van der Waals surface area contributed by atoms with Gasteiger partial charge in [-0.05, 0) is 19.1 Å². The number of pyridine rings is 1. The molecule has 0 aliphatic rings. The van der Waals surface area contributed by atoms with E-state index in [9.17, 15) is 13.2 Å². The number of aromatic nitrogens is 1. The van der Waals surface area contributed by atoms with Crippen LogP contribution in [0, 0.1) is 0 Å². The standard InChI is InChI=1S/C9H14N4O3S/c1-6(9(11)14)13-17(15,16)8-3-2-4-12-7(8)5-10/h2-4,6,13H,5,10H2,1H3,(H2,11,14). The Kier molecular flexibility index (Phi) is 4.16. The monoisotopic (exact) mass is 258 g/mol. The van der Waals surface area contributed by atoms with Crippen LogP contribution >= 0.6 is 0 Å². The van der Waals surface area contributed by atoms with E-state index in [4.69, 9.17) is 11.5 Å². The fraction of sp³-hybridized carbons (Fsp3) is 0.333. The number of primary amides is 1. The van der Waals surface area contributed by atoms with Crippen molar-refractivity contribution in [2.45, 2.75) is 24.4 Å². The average molecular weight is 258 g/mol. The van der Waals surface area contributed by atoms with Crippen LogP contribution in [0.1, 0.15) is 12.6 Å². The van der Waals surface area contributed by atoms with Crippen LogP contribution in [0.3, 0.4) is 0 Å². The van der Waals surface area contributed by atoms with Gasteiger partial charge in [-0.3, -0.25) is 9.78 Å². The number of nitrogens with one attached hydrogen (secondary N) is 1. The highest BCUT2D eigenvalue weighted by Gasteiger charge is 2.22. The molecular formula is C9H14N4O3S. The van der Waals surface area contributed by atoms with Crippen molar-refractivity contribution >= 4 is 15.9 Å². The average Bonchev–Trinajstić information content (AvgIpc) is 2.28. The SMILES string of the molecule is CC(NS(=O)(=O)c1cccnc1CN)C(N)=O. The van der Waals surface area contributed by atoms with Gasteiger partial charge in [-0.15, -0.1) is 0 Å². The molecule has 17 heavy (non-hydrogen) atoms. The summed E-state index contributed by atoms with van der Waals surface area (Å²) < 4.78 is 26.0. The summed E-state index contributed by atoms with van der Waals surface area (Å²) in [5, 5.41) is 0. The third-order valence-corrected chi connectivity index (χ3v) is 3.70. The van der Waals surface area contributed by atoms with Gasteiger partial charge >= 0.3 is 0 Å². The maximum atomic E-state index is 11.9. The molecule has 1 aromatic rings. The van der Waals surface area contributed by atoms with E-state index in [-0.39, 0.29) is 17.1 Å². The highest BCUT2D eigenvalue weighted by atomic mass is 32.2. The van der Waals surface area contributed by atoms with Crippen molar-refractivity contribution in [1.29, 1.82) is 0 Å².